The Bertz CT molecular complexity index is 407. The fourth-order valence-electron chi connectivity index (χ4n) is 2.00. The van der Waals surface area contributed by atoms with Crippen molar-refractivity contribution in [2.24, 2.45) is 0 Å². The standard InChI is InChI=1S/C14H19NO/c1-9-4-7-13(10(2)8-9)14(16)11(3)15-12-5-6-12/h4,7-8,11-12,15H,5-6H2,1-3H3. The van der Waals surface area contributed by atoms with Crippen LogP contribution in [-0.4, -0.2) is 17.9 Å². The van der Waals surface area contributed by atoms with Crippen LogP contribution in [0.3, 0.4) is 0 Å². The molecule has 1 fully saturated rings. The third-order valence-electron chi connectivity index (χ3n) is 3.10. The molecule has 0 aromatic heterocycles. The van der Waals surface area contributed by atoms with Crippen LogP contribution < -0.4 is 5.32 Å². The van der Waals surface area contributed by atoms with Crippen LogP contribution in [0.15, 0.2) is 18.2 Å². The maximum absolute atomic E-state index is 12.2. The van der Waals surface area contributed by atoms with E-state index < -0.39 is 0 Å². The Balaban J connectivity index is 2.12. The molecular weight excluding hydrogens is 198 g/mol. The number of Topliss-reactive ketones (excluding diaryl/α,β-unsaturated/α-hetero) is 1. The first kappa shape index (κ1) is 11.3. The smallest absolute Gasteiger partial charge is 0.179 e. The van der Waals surface area contributed by atoms with Crippen LogP contribution in [0.25, 0.3) is 0 Å². The molecule has 2 nitrogen and oxygen atoms in total. The van der Waals surface area contributed by atoms with Gasteiger partial charge in [-0.1, -0.05) is 23.8 Å². The van der Waals surface area contributed by atoms with E-state index in [1.807, 2.05) is 32.9 Å². The summed E-state index contributed by atoms with van der Waals surface area (Å²) in [5.74, 6) is 0.212. The summed E-state index contributed by atoms with van der Waals surface area (Å²) in [6.07, 6.45) is 2.43. The van der Waals surface area contributed by atoms with Gasteiger partial charge in [0.15, 0.2) is 5.78 Å². The third-order valence-corrected chi connectivity index (χ3v) is 3.10. The predicted molar refractivity (Wildman–Crippen MR) is 65.9 cm³/mol. The number of hydrogen-bond acceptors (Lipinski definition) is 2. The fourth-order valence-corrected chi connectivity index (χ4v) is 2.00. The van der Waals surface area contributed by atoms with Crippen LogP contribution in [-0.2, 0) is 0 Å². The lowest BCUT2D eigenvalue weighted by Gasteiger charge is -2.14. The van der Waals surface area contributed by atoms with Crippen molar-refractivity contribution < 1.29 is 4.79 Å². The van der Waals surface area contributed by atoms with Crippen LogP contribution in [0.4, 0.5) is 0 Å². The molecule has 0 amide bonds. The number of carbonyl (C=O) groups excluding carboxylic acids is 1. The second kappa shape index (κ2) is 4.38. The number of hydrogen-bond donors (Lipinski definition) is 1. The maximum Gasteiger partial charge on any atom is 0.179 e. The van der Waals surface area contributed by atoms with Gasteiger partial charge in [-0.15, -0.1) is 0 Å². The number of nitrogens with one attached hydrogen (secondary N) is 1. The van der Waals surface area contributed by atoms with Gasteiger partial charge >= 0.3 is 0 Å². The molecule has 1 unspecified atom stereocenters. The van der Waals surface area contributed by atoms with E-state index in [4.69, 9.17) is 0 Å². The van der Waals surface area contributed by atoms with Gasteiger partial charge in [0.25, 0.3) is 0 Å². The summed E-state index contributed by atoms with van der Waals surface area (Å²) >= 11 is 0. The SMILES string of the molecule is Cc1ccc(C(=O)C(C)NC2CC2)c(C)c1. The van der Waals surface area contributed by atoms with Gasteiger partial charge in [0.1, 0.15) is 0 Å². The molecular formula is C14H19NO. The van der Waals surface area contributed by atoms with Crippen molar-refractivity contribution in [3.63, 3.8) is 0 Å². The van der Waals surface area contributed by atoms with Crippen molar-refractivity contribution in [1.29, 1.82) is 0 Å². The van der Waals surface area contributed by atoms with Crippen molar-refractivity contribution in [3.05, 3.63) is 34.9 Å². The monoisotopic (exact) mass is 217 g/mol. The van der Waals surface area contributed by atoms with Gasteiger partial charge in [0.05, 0.1) is 6.04 Å². The zero-order valence-corrected chi connectivity index (χ0v) is 10.2. The number of carbonyl (C=O) groups is 1. The van der Waals surface area contributed by atoms with E-state index in [1.54, 1.807) is 0 Å². The molecule has 16 heavy (non-hydrogen) atoms. The van der Waals surface area contributed by atoms with E-state index in [1.165, 1.54) is 18.4 Å². The van der Waals surface area contributed by atoms with Crippen molar-refractivity contribution in [2.45, 2.75) is 45.7 Å². The van der Waals surface area contributed by atoms with Crippen molar-refractivity contribution >= 4 is 5.78 Å². The Kier molecular flexibility index (Phi) is 3.10. The molecule has 0 radical (unpaired) electrons. The van der Waals surface area contributed by atoms with Gasteiger partial charge in [0, 0.05) is 11.6 Å². The van der Waals surface area contributed by atoms with E-state index >= 15 is 0 Å². The Morgan fingerprint density at radius 1 is 1.38 bits per heavy atom. The summed E-state index contributed by atoms with van der Waals surface area (Å²) in [6, 6.07) is 6.53. The number of rotatable bonds is 4. The van der Waals surface area contributed by atoms with E-state index in [0.29, 0.717) is 6.04 Å². The van der Waals surface area contributed by atoms with Gasteiger partial charge in [0.2, 0.25) is 0 Å². The topological polar surface area (TPSA) is 29.1 Å². The fraction of sp³-hybridized carbons (Fsp3) is 0.500. The molecule has 86 valence electrons. The van der Waals surface area contributed by atoms with Crippen molar-refractivity contribution in [2.75, 3.05) is 0 Å². The predicted octanol–water partition coefficient (Wildman–Crippen LogP) is 2.63. The summed E-state index contributed by atoms with van der Waals surface area (Å²) in [5.41, 5.74) is 3.14. The summed E-state index contributed by atoms with van der Waals surface area (Å²) in [4.78, 5) is 12.2. The molecule has 1 aliphatic carbocycles. The van der Waals surface area contributed by atoms with E-state index in [2.05, 4.69) is 11.4 Å². The first-order chi connectivity index (χ1) is 7.58. The molecule has 0 bridgehead atoms. The van der Waals surface area contributed by atoms with Crippen LogP contribution in [0, 0.1) is 13.8 Å². The molecule has 0 saturated heterocycles. The minimum absolute atomic E-state index is 0.0612. The highest BCUT2D eigenvalue weighted by Gasteiger charge is 2.26. The second-order valence-corrected chi connectivity index (χ2v) is 4.85. The number of aryl methyl sites for hydroxylation is 2. The molecule has 1 aromatic rings. The molecule has 2 rings (SSSR count). The first-order valence-corrected chi connectivity index (χ1v) is 5.95. The minimum atomic E-state index is -0.0612. The second-order valence-electron chi connectivity index (χ2n) is 4.85. The van der Waals surface area contributed by atoms with Gasteiger partial charge in [-0.05, 0) is 39.2 Å². The zero-order chi connectivity index (χ0) is 11.7. The average molecular weight is 217 g/mol. The highest BCUT2D eigenvalue weighted by atomic mass is 16.1. The van der Waals surface area contributed by atoms with Crippen molar-refractivity contribution in [3.8, 4) is 0 Å². The van der Waals surface area contributed by atoms with Crippen LogP contribution >= 0.6 is 0 Å². The Hall–Kier alpha value is -1.15. The lowest BCUT2D eigenvalue weighted by molar-refractivity contribution is 0.0949. The summed E-state index contributed by atoms with van der Waals surface area (Å²) < 4.78 is 0. The zero-order valence-electron chi connectivity index (χ0n) is 10.2. The summed E-state index contributed by atoms with van der Waals surface area (Å²) in [5, 5.41) is 3.34. The van der Waals surface area contributed by atoms with Crippen LogP contribution in [0.1, 0.15) is 41.3 Å². The maximum atomic E-state index is 12.2. The van der Waals surface area contributed by atoms with Gasteiger partial charge in [-0.2, -0.15) is 0 Å². The summed E-state index contributed by atoms with van der Waals surface area (Å²) in [6.45, 7) is 6.01. The Morgan fingerprint density at radius 2 is 2.06 bits per heavy atom. The summed E-state index contributed by atoms with van der Waals surface area (Å²) in [7, 11) is 0. The van der Waals surface area contributed by atoms with E-state index in [-0.39, 0.29) is 11.8 Å². The van der Waals surface area contributed by atoms with Gasteiger partial charge in [-0.3, -0.25) is 4.79 Å². The molecule has 1 N–H and O–H groups in total. The van der Waals surface area contributed by atoms with Gasteiger partial charge in [-0.25, -0.2) is 0 Å². The van der Waals surface area contributed by atoms with Crippen LogP contribution in [0.5, 0.6) is 0 Å². The Morgan fingerprint density at radius 3 is 2.62 bits per heavy atom. The third kappa shape index (κ3) is 2.50. The molecule has 1 aromatic carbocycles. The molecule has 2 heteroatoms. The van der Waals surface area contributed by atoms with E-state index in [9.17, 15) is 4.79 Å². The van der Waals surface area contributed by atoms with E-state index in [0.717, 1.165) is 11.1 Å². The quantitative estimate of drug-likeness (QED) is 0.785. The number of benzene rings is 1. The highest BCUT2D eigenvalue weighted by Crippen LogP contribution is 2.20. The Labute approximate surface area is 97.1 Å². The number of ketones is 1. The minimum Gasteiger partial charge on any atom is -0.305 e. The largest absolute Gasteiger partial charge is 0.305 e. The molecule has 1 atom stereocenters. The molecule has 1 aliphatic rings. The lowest BCUT2D eigenvalue weighted by atomic mass is 9.98. The normalized spacial score (nSPS) is 17.2. The highest BCUT2D eigenvalue weighted by molar-refractivity contribution is 6.01. The average Bonchev–Trinajstić information content (AvgIpc) is 3.00. The van der Waals surface area contributed by atoms with Crippen LogP contribution in [0.2, 0.25) is 0 Å². The lowest BCUT2D eigenvalue weighted by Crippen LogP contribution is -2.35. The first-order valence-electron chi connectivity index (χ1n) is 5.95. The van der Waals surface area contributed by atoms with Crippen molar-refractivity contribution in [1.82, 2.24) is 5.32 Å². The molecule has 0 heterocycles. The van der Waals surface area contributed by atoms with Gasteiger partial charge < -0.3 is 5.32 Å². The molecule has 0 aliphatic heterocycles. The molecule has 1 saturated carbocycles. The molecule has 0 spiro atoms.